The van der Waals surface area contributed by atoms with Gasteiger partial charge in [-0.05, 0) is 43.5 Å². The van der Waals surface area contributed by atoms with E-state index in [1.807, 2.05) is 0 Å². The van der Waals surface area contributed by atoms with Gasteiger partial charge in [0.15, 0.2) is 0 Å². The van der Waals surface area contributed by atoms with Crippen molar-refractivity contribution in [3.05, 3.63) is 47.4 Å². The number of rotatable bonds is 3. The van der Waals surface area contributed by atoms with Gasteiger partial charge in [-0.3, -0.25) is 0 Å². The molecule has 1 aromatic heterocycles. The number of halogens is 1. The first kappa shape index (κ1) is 13.1. The number of nitrogens with zero attached hydrogens (tertiary/aromatic N) is 1. The summed E-state index contributed by atoms with van der Waals surface area (Å²) in [6.45, 7) is 0. The highest BCUT2D eigenvalue weighted by Gasteiger charge is 2.17. The van der Waals surface area contributed by atoms with Gasteiger partial charge < -0.3 is 4.74 Å². The average molecular weight is 286 g/mol. The van der Waals surface area contributed by atoms with Crippen molar-refractivity contribution in [2.75, 3.05) is 0 Å². The zero-order valence-corrected chi connectivity index (χ0v) is 11.6. The predicted octanol–water partition coefficient (Wildman–Crippen LogP) is 4.56. The molecule has 0 N–H and O–H groups in total. The molecule has 1 heterocycles. The first-order valence-electron chi connectivity index (χ1n) is 6.56. The van der Waals surface area contributed by atoms with E-state index in [9.17, 15) is 4.39 Å². The van der Waals surface area contributed by atoms with E-state index in [1.54, 1.807) is 24.3 Å². The van der Waals surface area contributed by atoms with Gasteiger partial charge in [-0.15, -0.1) is 11.3 Å². The fraction of sp³-hybridized carbons (Fsp3) is 0.250. The molecule has 0 amide bonds. The molecular weight excluding hydrogens is 273 g/mol. The molecule has 20 heavy (non-hydrogen) atoms. The van der Waals surface area contributed by atoms with Crippen molar-refractivity contribution in [3.8, 4) is 22.3 Å². The fourth-order valence-electron chi connectivity index (χ4n) is 2.33. The van der Waals surface area contributed by atoms with Crippen molar-refractivity contribution < 1.29 is 9.13 Å². The SMILES string of the molecule is N#Cc1ccc(-c2ccc(OC3[CH]CCC3)cc2F)s1. The van der Waals surface area contributed by atoms with Gasteiger partial charge in [-0.25, -0.2) is 4.39 Å². The molecule has 2 nitrogen and oxygen atoms in total. The normalized spacial score (nSPS) is 15.2. The Morgan fingerprint density at radius 1 is 1.30 bits per heavy atom. The van der Waals surface area contributed by atoms with Crippen molar-refractivity contribution >= 4 is 11.3 Å². The molecule has 0 saturated heterocycles. The third-order valence-electron chi connectivity index (χ3n) is 3.33. The minimum Gasteiger partial charge on any atom is -0.490 e. The van der Waals surface area contributed by atoms with E-state index in [2.05, 4.69) is 12.5 Å². The van der Waals surface area contributed by atoms with Crippen molar-refractivity contribution in [2.45, 2.75) is 25.4 Å². The molecule has 0 aliphatic heterocycles. The average Bonchev–Trinajstić information content (AvgIpc) is 3.10. The molecule has 1 fully saturated rings. The summed E-state index contributed by atoms with van der Waals surface area (Å²) >= 11 is 1.29. The molecular formula is C16H13FNOS. The molecule has 0 spiro atoms. The number of hydrogen-bond acceptors (Lipinski definition) is 3. The van der Waals surface area contributed by atoms with E-state index in [4.69, 9.17) is 10.00 Å². The second-order valence-electron chi connectivity index (χ2n) is 4.74. The quantitative estimate of drug-likeness (QED) is 0.828. The van der Waals surface area contributed by atoms with Crippen LogP contribution in [0.5, 0.6) is 5.75 Å². The first-order chi connectivity index (χ1) is 9.76. The molecule has 3 rings (SSSR count). The lowest BCUT2D eigenvalue weighted by atomic mass is 10.1. The van der Waals surface area contributed by atoms with Crippen molar-refractivity contribution in [2.24, 2.45) is 0 Å². The Hall–Kier alpha value is -1.86. The number of thiophene rings is 1. The molecule has 1 unspecified atom stereocenters. The highest BCUT2D eigenvalue weighted by Crippen LogP contribution is 2.32. The van der Waals surface area contributed by atoms with Crippen LogP contribution in [0.25, 0.3) is 10.4 Å². The van der Waals surface area contributed by atoms with Crippen LogP contribution in [0.2, 0.25) is 0 Å². The Balaban J connectivity index is 1.81. The number of ether oxygens (including phenoxy) is 1. The molecule has 0 bridgehead atoms. The largest absolute Gasteiger partial charge is 0.490 e. The van der Waals surface area contributed by atoms with Gasteiger partial charge in [0.2, 0.25) is 0 Å². The Morgan fingerprint density at radius 3 is 2.85 bits per heavy atom. The molecule has 1 saturated carbocycles. The maximum atomic E-state index is 14.2. The van der Waals surface area contributed by atoms with Gasteiger partial charge in [0.1, 0.15) is 28.6 Å². The number of nitriles is 1. The highest BCUT2D eigenvalue weighted by atomic mass is 32.1. The van der Waals surface area contributed by atoms with Gasteiger partial charge in [0.05, 0.1) is 0 Å². The Labute approximate surface area is 121 Å². The second-order valence-corrected chi connectivity index (χ2v) is 5.82. The van der Waals surface area contributed by atoms with Crippen LogP contribution in [0, 0.1) is 23.6 Å². The summed E-state index contributed by atoms with van der Waals surface area (Å²) in [6.07, 6.45) is 5.44. The summed E-state index contributed by atoms with van der Waals surface area (Å²) in [4.78, 5) is 1.35. The summed E-state index contributed by atoms with van der Waals surface area (Å²) in [5.41, 5.74) is 0.513. The number of benzene rings is 1. The van der Waals surface area contributed by atoms with Crippen molar-refractivity contribution in [1.82, 2.24) is 0 Å². The van der Waals surface area contributed by atoms with Crippen LogP contribution < -0.4 is 4.74 Å². The second kappa shape index (κ2) is 5.64. The zero-order chi connectivity index (χ0) is 13.9. The van der Waals surface area contributed by atoms with Gasteiger partial charge in [0.25, 0.3) is 0 Å². The molecule has 1 atom stereocenters. The van der Waals surface area contributed by atoms with Gasteiger partial charge in [-0.2, -0.15) is 5.26 Å². The van der Waals surface area contributed by atoms with Crippen LogP contribution in [0.4, 0.5) is 4.39 Å². The predicted molar refractivity (Wildman–Crippen MR) is 77.0 cm³/mol. The minimum atomic E-state index is -0.313. The Kier molecular flexibility index (Phi) is 3.70. The molecule has 1 aliphatic carbocycles. The smallest absolute Gasteiger partial charge is 0.135 e. The zero-order valence-electron chi connectivity index (χ0n) is 10.8. The standard InChI is InChI=1S/C16H13FNOS/c17-15-9-12(19-11-3-1-2-4-11)5-7-14(15)16-8-6-13(10-18)20-16/h3,5-9,11H,1-2,4H2. The van der Waals surface area contributed by atoms with Gasteiger partial charge in [0, 0.05) is 22.9 Å². The number of hydrogen-bond donors (Lipinski definition) is 0. The lowest BCUT2D eigenvalue weighted by Crippen LogP contribution is -2.11. The van der Waals surface area contributed by atoms with E-state index >= 15 is 0 Å². The van der Waals surface area contributed by atoms with Crippen molar-refractivity contribution in [1.29, 1.82) is 5.26 Å². The third kappa shape index (κ3) is 2.68. The Morgan fingerprint density at radius 2 is 2.20 bits per heavy atom. The molecule has 4 heteroatoms. The van der Waals surface area contributed by atoms with E-state index < -0.39 is 0 Å². The Bertz CT molecular complexity index is 653. The summed E-state index contributed by atoms with van der Waals surface area (Å²) in [5.74, 6) is 0.248. The van der Waals surface area contributed by atoms with E-state index in [0.717, 1.165) is 24.1 Å². The molecule has 2 aromatic rings. The first-order valence-corrected chi connectivity index (χ1v) is 7.38. The summed E-state index contributed by atoms with van der Waals surface area (Å²) in [6, 6.07) is 10.5. The molecule has 1 radical (unpaired) electrons. The molecule has 101 valence electrons. The maximum absolute atomic E-state index is 14.2. The fourth-order valence-corrected chi connectivity index (χ4v) is 3.16. The van der Waals surface area contributed by atoms with E-state index in [-0.39, 0.29) is 11.9 Å². The van der Waals surface area contributed by atoms with Crippen LogP contribution in [0.1, 0.15) is 24.1 Å². The van der Waals surface area contributed by atoms with Gasteiger partial charge in [-0.1, -0.05) is 0 Å². The topological polar surface area (TPSA) is 33.0 Å². The monoisotopic (exact) mass is 286 g/mol. The molecule has 1 aromatic carbocycles. The van der Waals surface area contributed by atoms with Crippen molar-refractivity contribution in [3.63, 3.8) is 0 Å². The van der Waals surface area contributed by atoms with Gasteiger partial charge >= 0.3 is 0 Å². The van der Waals surface area contributed by atoms with Crippen LogP contribution in [0.15, 0.2) is 30.3 Å². The summed E-state index contributed by atoms with van der Waals surface area (Å²) in [7, 11) is 0. The van der Waals surface area contributed by atoms with Crippen LogP contribution in [-0.4, -0.2) is 6.10 Å². The van der Waals surface area contributed by atoms with Crippen LogP contribution in [-0.2, 0) is 0 Å². The van der Waals surface area contributed by atoms with E-state index in [0.29, 0.717) is 16.2 Å². The lowest BCUT2D eigenvalue weighted by Gasteiger charge is -2.13. The lowest BCUT2D eigenvalue weighted by molar-refractivity contribution is 0.240. The summed E-state index contributed by atoms with van der Waals surface area (Å²) in [5, 5.41) is 8.81. The third-order valence-corrected chi connectivity index (χ3v) is 4.36. The summed E-state index contributed by atoms with van der Waals surface area (Å²) < 4.78 is 19.9. The van der Waals surface area contributed by atoms with E-state index in [1.165, 1.54) is 17.4 Å². The molecule has 1 aliphatic rings. The highest BCUT2D eigenvalue weighted by molar-refractivity contribution is 7.16. The van der Waals surface area contributed by atoms with Crippen LogP contribution >= 0.6 is 11.3 Å². The maximum Gasteiger partial charge on any atom is 0.135 e. The van der Waals surface area contributed by atoms with Crippen LogP contribution in [0.3, 0.4) is 0 Å². The minimum absolute atomic E-state index is 0.104.